The third kappa shape index (κ3) is 3.43. The second-order valence-electron chi connectivity index (χ2n) is 5.83. The van der Waals surface area contributed by atoms with Crippen LogP contribution in [-0.4, -0.2) is 24.0 Å². The summed E-state index contributed by atoms with van der Waals surface area (Å²) in [5.74, 6) is -2.64. The van der Waals surface area contributed by atoms with E-state index >= 15 is 0 Å². The van der Waals surface area contributed by atoms with Crippen molar-refractivity contribution in [2.45, 2.75) is 18.6 Å². The number of carbonyl (C=O) groups excluding carboxylic acids is 1. The number of carbonyl (C=O) groups is 1. The lowest BCUT2D eigenvalue weighted by Crippen LogP contribution is -2.35. The number of benzene rings is 2. The maximum atomic E-state index is 12.4. The van der Waals surface area contributed by atoms with Gasteiger partial charge in [0.05, 0.1) is 12.7 Å². The van der Waals surface area contributed by atoms with Gasteiger partial charge in [-0.25, -0.2) is 4.79 Å². The molecule has 0 aliphatic heterocycles. The van der Waals surface area contributed by atoms with Crippen LogP contribution in [0.15, 0.2) is 48.5 Å². The molecule has 0 radical (unpaired) electrons. The summed E-state index contributed by atoms with van der Waals surface area (Å²) < 4.78 is 10.4. The zero-order valence-electron chi connectivity index (χ0n) is 14.0. The van der Waals surface area contributed by atoms with Crippen molar-refractivity contribution in [2.24, 2.45) is 0 Å². The summed E-state index contributed by atoms with van der Waals surface area (Å²) in [4.78, 5) is 12.4. The van der Waals surface area contributed by atoms with Crippen molar-refractivity contribution >= 4 is 23.1 Å². The molecule has 0 aromatic heterocycles. The first kappa shape index (κ1) is 18.0. The van der Waals surface area contributed by atoms with Crippen molar-refractivity contribution in [2.75, 3.05) is 7.11 Å². The van der Waals surface area contributed by atoms with Gasteiger partial charge in [-0.05, 0) is 60.4 Å². The number of hydrogen-bond donors (Lipinski definition) is 1. The molecule has 0 saturated carbocycles. The molecule has 132 valence electrons. The molecule has 2 aromatic rings. The molecule has 0 amide bonds. The molecule has 0 heterocycles. The molecule has 2 aromatic carbocycles. The molecule has 1 aliphatic carbocycles. The second-order valence-corrected chi connectivity index (χ2v) is 6.27. The first-order valence-corrected chi connectivity index (χ1v) is 8.35. The van der Waals surface area contributed by atoms with Crippen LogP contribution in [-0.2, 0) is 11.2 Å². The molecule has 6 heteroatoms. The second kappa shape index (κ2) is 7.20. The van der Waals surface area contributed by atoms with Gasteiger partial charge in [-0.15, -0.1) is 0 Å². The molecule has 0 bridgehead atoms. The Labute approximate surface area is 156 Å². The molecule has 0 saturated heterocycles. The number of nitrogens with zero attached hydrogens (tertiary/aromatic N) is 1. The summed E-state index contributed by atoms with van der Waals surface area (Å²) in [6, 6.07) is 13.1. The average Bonchev–Trinajstić information content (AvgIpc) is 2.67. The Morgan fingerprint density at radius 3 is 2.65 bits per heavy atom. The normalized spacial score (nSPS) is 15.1. The van der Waals surface area contributed by atoms with Gasteiger partial charge in [0.25, 0.3) is 0 Å². The highest BCUT2D eigenvalue weighted by atomic mass is 35.5. The van der Waals surface area contributed by atoms with E-state index < -0.39 is 11.8 Å². The van der Waals surface area contributed by atoms with Crippen LogP contribution >= 0.6 is 11.6 Å². The number of hydrogen-bond acceptors (Lipinski definition) is 5. The maximum Gasteiger partial charge on any atom is 0.341 e. The Morgan fingerprint density at radius 2 is 2.00 bits per heavy atom. The van der Waals surface area contributed by atoms with Gasteiger partial charge in [-0.2, -0.15) is 5.26 Å². The van der Waals surface area contributed by atoms with Crippen molar-refractivity contribution in [1.29, 1.82) is 5.26 Å². The van der Waals surface area contributed by atoms with Crippen molar-refractivity contribution < 1.29 is 19.4 Å². The number of allylic oxidation sites excluding steroid dienone is 1. The van der Waals surface area contributed by atoms with Gasteiger partial charge in [0, 0.05) is 10.6 Å². The van der Waals surface area contributed by atoms with E-state index in [0.29, 0.717) is 22.8 Å². The van der Waals surface area contributed by atoms with Gasteiger partial charge >= 0.3 is 11.8 Å². The Balaban J connectivity index is 1.95. The molecule has 5 nitrogen and oxygen atoms in total. The van der Waals surface area contributed by atoms with Gasteiger partial charge in [-0.3, -0.25) is 0 Å². The van der Waals surface area contributed by atoms with Crippen molar-refractivity contribution in [3.63, 3.8) is 0 Å². The van der Waals surface area contributed by atoms with Crippen molar-refractivity contribution in [3.05, 3.63) is 70.3 Å². The van der Waals surface area contributed by atoms with Crippen LogP contribution in [0, 0.1) is 11.3 Å². The number of halogens is 1. The number of ether oxygens (including phenoxy) is 2. The summed E-state index contributed by atoms with van der Waals surface area (Å²) in [7, 11) is 1.53. The molecule has 1 N–H and O–H groups in total. The number of esters is 1. The van der Waals surface area contributed by atoms with Crippen LogP contribution in [0.2, 0.25) is 5.02 Å². The SMILES string of the molecule is COc1ccc2c(c1)C(C(O)(C#N)OC(=O)c1ccc(Cl)cc1)=CCC2. The van der Waals surface area contributed by atoms with Crippen LogP contribution < -0.4 is 4.74 Å². The standard InChI is InChI=1S/C20H16ClNO4/c1-25-16-10-7-13-3-2-4-18(17(13)11-16)20(24,12-22)26-19(23)14-5-8-15(21)9-6-14/h4-11,24H,2-3H2,1H3. The Morgan fingerprint density at radius 1 is 1.27 bits per heavy atom. The minimum Gasteiger partial charge on any atom is -0.497 e. The van der Waals surface area contributed by atoms with E-state index in [2.05, 4.69) is 0 Å². The summed E-state index contributed by atoms with van der Waals surface area (Å²) in [5.41, 5.74) is 2.00. The Hall–Kier alpha value is -2.81. The zero-order valence-corrected chi connectivity index (χ0v) is 14.8. The van der Waals surface area contributed by atoms with E-state index in [1.807, 2.05) is 12.1 Å². The quantitative estimate of drug-likeness (QED) is 0.504. The fraction of sp³-hybridized carbons (Fsp3) is 0.200. The van der Waals surface area contributed by atoms with Crippen molar-refractivity contribution in [3.8, 4) is 11.8 Å². The van der Waals surface area contributed by atoms with E-state index in [1.165, 1.54) is 31.4 Å². The Kier molecular flexibility index (Phi) is 4.99. The number of fused-ring (bicyclic) bond motifs is 1. The van der Waals surface area contributed by atoms with Gasteiger partial charge in [0.15, 0.2) is 0 Å². The summed E-state index contributed by atoms with van der Waals surface area (Å²) in [6.45, 7) is 0. The maximum absolute atomic E-state index is 12.4. The van der Waals surface area contributed by atoms with Crippen LogP contribution in [0.25, 0.3) is 5.57 Å². The van der Waals surface area contributed by atoms with E-state index in [9.17, 15) is 15.2 Å². The smallest absolute Gasteiger partial charge is 0.341 e. The highest BCUT2D eigenvalue weighted by molar-refractivity contribution is 6.30. The lowest BCUT2D eigenvalue weighted by atomic mass is 9.86. The summed E-state index contributed by atoms with van der Waals surface area (Å²) >= 11 is 5.81. The van der Waals surface area contributed by atoms with E-state index in [0.717, 1.165) is 12.0 Å². The molecule has 1 atom stereocenters. The summed E-state index contributed by atoms with van der Waals surface area (Å²) in [6.07, 6.45) is 3.09. The molecule has 3 rings (SSSR count). The third-order valence-electron chi connectivity index (χ3n) is 4.21. The number of aliphatic hydroxyl groups is 1. The fourth-order valence-corrected chi connectivity index (χ4v) is 3.00. The molecule has 0 fully saturated rings. The molecule has 0 spiro atoms. The minimum absolute atomic E-state index is 0.186. The lowest BCUT2D eigenvalue weighted by Gasteiger charge is -2.28. The fourth-order valence-electron chi connectivity index (χ4n) is 2.87. The topological polar surface area (TPSA) is 79.6 Å². The minimum atomic E-state index is -2.40. The summed E-state index contributed by atoms with van der Waals surface area (Å²) in [5, 5.41) is 20.8. The van der Waals surface area contributed by atoms with E-state index in [-0.39, 0.29) is 11.1 Å². The van der Waals surface area contributed by atoms with Crippen LogP contribution in [0.5, 0.6) is 5.75 Å². The highest BCUT2D eigenvalue weighted by Gasteiger charge is 2.39. The first-order valence-electron chi connectivity index (χ1n) is 7.97. The number of aryl methyl sites for hydroxylation is 1. The number of nitriles is 1. The molecule has 26 heavy (non-hydrogen) atoms. The van der Waals surface area contributed by atoms with Crippen LogP contribution in [0.4, 0.5) is 0 Å². The molecule has 1 unspecified atom stereocenters. The van der Waals surface area contributed by atoms with Crippen molar-refractivity contribution in [1.82, 2.24) is 0 Å². The molecule has 1 aliphatic rings. The molecular weight excluding hydrogens is 354 g/mol. The third-order valence-corrected chi connectivity index (χ3v) is 4.46. The van der Waals surface area contributed by atoms with Crippen LogP contribution in [0.3, 0.4) is 0 Å². The van der Waals surface area contributed by atoms with Gasteiger partial charge < -0.3 is 14.6 Å². The zero-order chi connectivity index (χ0) is 18.7. The number of methoxy groups -OCH3 is 1. The molecular formula is C20H16ClNO4. The highest BCUT2D eigenvalue weighted by Crippen LogP contribution is 2.37. The van der Waals surface area contributed by atoms with Gasteiger partial charge in [0.2, 0.25) is 0 Å². The van der Waals surface area contributed by atoms with E-state index in [1.54, 1.807) is 18.2 Å². The van der Waals surface area contributed by atoms with E-state index in [4.69, 9.17) is 21.1 Å². The predicted molar refractivity (Wildman–Crippen MR) is 96.7 cm³/mol. The monoisotopic (exact) mass is 369 g/mol. The van der Waals surface area contributed by atoms with Gasteiger partial charge in [0.1, 0.15) is 11.8 Å². The average molecular weight is 370 g/mol. The predicted octanol–water partition coefficient (Wildman–Crippen LogP) is 3.75. The largest absolute Gasteiger partial charge is 0.497 e. The first-order chi connectivity index (χ1) is 12.5. The Bertz CT molecular complexity index is 914. The number of rotatable bonds is 4. The van der Waals surface area contributed by atoms with Gasteiger partial charge in [-0.1, -0.05) is 23.7 Å². The van der Waals surface area contributed by atoms with Crippen LogP contribution in [0.1, 0.15) is 27.9 Å². The lowest BCUT2D eigenvalue weighted by molar-refractivity contribution is -0.0787.